The van der Waals surface area contributed by atoms with Gasteiger partial charge in [0.25, 0.3) is 0 Å². The van der Waals surface area contributed by atoms with Crippen molar-refractivity contribution >= 4 is 6.08 Å². The first-order valence-electron chi connectivity index (χ1n) is 6.32. The quantitative estimate of drug-likeness (QED) is 0.665. The highest BCUT2D eigenvalue weighted by molar-refractivity contribution is 5.63. The molecule has 0 heteroatoms. The Morgan fingerprint density at radius 3 is 2.44 bits per heavy atom. The molecule has 0 aromatic heterocycles. The first-order chi connectivity index (χ1) is 8.87. The number of hydrogen-bond donors (Lipinski definition) is 0. The van der Waals surface area contributed by atoms with Gasteiger partial charge in [0.2, 0.25) is 0 Å². The van der Waals surface area contributed by atoms with Gasteiger partial charge in [0.1, 0.15) is 0 Å². The van der Waals surface area contributed by atoms with Crippen molar-refractivity contribution < 1.29 is 0 Å². The number of rotatable bonds is 2. The predicted octanol–water partition coefficient (Wildman–Crippen LogP) is 4.58. The third kappa shape index (κ3) is 1.53. The molecule has 0 heterocycles. The summed E-state index contributed by atoms with van der Waals surface area (Å²) in [5.41, 5.74) is 3.89. The molecular weight excluding hydrogens is 216 g/mol. The molecule has 0 radical (unpaired) electrons. The lowest BCUT2D eigenvalue weighted by molar-refractivity contribution is 0.648. The van der Waals surface area contributed by atoms with Gasteiger partial charge in [0.15, 0.2) is 0 Å². The van der Waals surface area contributed by atoms with Gasteiger partial charge in [-0.05, 0) is 23.1 Å². The highest BCUT2D eigenvalue weighted by Gasteiger charge is 2.33. The zero-order chi connectivity index (χ0) is 12.4. The summed E-state index contributed by atoms with van der Waals surface area (Å²) in [6.07, 6.45) is 7.53. The first kappa shape index (κ1) is 11.0. The molecule has 88 valence electrons. The van der Waals surface area contributed by atoms with Crippen molar-refractivity contribution in [3.8, 4) is 0 Å². The Bertz CT molecular complexity index is 592. The Kier molecular flexibility index (Phi) is 2.64. The average Bonchev–Trinajstić information content (AvgIpc) is 2.47. The van der Waals surface area contributed by atoms with Crippen LogP contribution in [0.4, 0.5) is 0 Å². The van der Waals surface area contributed by atoms with Gasteiger partial charge in [-0.2, -0.15) is 0 Å². The fourth-order valence-corrected chi connectivity index (χ4v) is 2.85. The van der Waals surface area contributed by atoms with Crippen LogP contribution in [0, 0.1) is 0 Å². The van der Waals surface area contributed by atoms with Gasteiger partial charge in [0, 0.05) is 5.41 Å². The van der Waals surface area contributed by atoms with Crippen LogP contribution < -0.4 is 0 Å². The summed E-state index contributed by atoms with van der Waals surface area (Å²) in [5.74, 6) is 0. The number of fused-ring (bicyclic) bond motifs is 1. The Morgan fingerprint density at radius 2 is 1.67 bits per heavy atom. The third-order valence-corrected chi connectivity index (χ3v) is 3.82. The lowest BCUT2D eigenvalue weighted by Crippen LogP contribution is -2.27. The summed E-state index contributed by atoms with van der Waals surface area (Å²) in [5, 5.41) is 0. The Labute approximate surface area is 108 Å². The second-order valence-corrected chi connectivity index (χ2v) is 4.74. The lowest BCUT2D eigenvalue weighted by Gasteiger charge is -2.34. The van der Waals surface area contributed by atoms with Crippen molar-refractivity contribution in [3.63, 3.8) is 0 Å². The van der Waals surface area contributed by atoms with Crippen LogP contribution in [-0.2, 0) is 5.41 Å². The summed E-state index contributed by atoms with van der Waals surface area (Å²) in [6.45, 7) is 4.10. The van der Waals surface area contributed by atoms with E-state index < -0.39 is 0 Å². The van der Waals surface area contributed by atoms with Gasteiger partial charge in [0.05, 0.1) is 0 Å². The van der Waals surface area contributed by atoms with E-state index in [4.69, 9.17) is 0 Å². The highest BCUT2D eigenvalue weighted by Crippen LogP contribution is 2.42. The molecule has 0 fully saturated rings. The van der Waals surface area contributed by atoms with Crippen molar-refractivity contribution in [2.45, 2.75) is 11.8 Å². The topological polar surface area (TPSA) is 0 Å². The van der Waals surface area contributed by atoms with E-state index in [1.807, 2.05) is 0 Å². The molecule has 2 aromatic carbocycles. The second-order valence-electron chi connectivity index (χ2n) is 4.74. The first-order valence-corrected chi connectivity index (χ1v) is 6.32. The Balaban J connectivity index is 2.25. The zero-order valence-corrected chi connectivity index (χ0v) is 10.3. The van der Waals surface area contributed by atoms with Crippen LogP contribution in [0.2, 0.25) is 0 Å². The van der Waals surface area contributed by atoms with Crippen molar-refractivity contribution in [2.75, 3.05) is 0 Å². The molecule has 0 bridgehead atoms. The molecule has 0 aliphatic heterocycles. The normalized spacial score (nSPS) is 21.3. The van der Waals surface area contributed by atoms with E-state index in [1.54, 1.807) is 0 Å². The van der Waals surface area contributed by atoms with Crippen LogP contribution in [-0.4, -0.2) is 0 Å². The molecule has 0 spiro atoms. The SMILES string of the molecule is C=CC1(c2ccccc2)CC=Cc2ccccc21. The van der Waals surface area contributed by atoms with E-state index in [0.29, 0.717) is 0 Å². The molecular formula is C18H16. The van der Waals surface area contributed by atoms with Gasteiger partial charge in [-0.15, -0.1) is 6.58 Å². The Morgan fingerprint density at radius 1 is 0.944 bits per heavy atom. The van der Waals surface area contributed by atoms with Gasteiger partial charge < -0.3 is 0 Å². The lowest BCUT2D eigenvalue weighted by atomic mass is 9.68. The number of hydrogen-bond acceptors (Lipinski definition) is 0. The Hall–Kier alpha value is -2.08. The molecule has 1 atom stereocenters. The van der Waals surface area contributed by atoms with Crippen LogP contribution in [0.15, 0.2) is 73.3 Å². The smallest absolute Gasteiger partial charge is 0.0419 e. The van der Waals surface area contributed by atoms with Crippen LogP contribution in [0.1, 0.15) is 23.1 Å². The minimum Gasteiger partial charge on any atom is -0.102 e. The van der Waals surface area contributed by atoms with Gasteiger partial charge in [-0.25, -0.2) is 0 Å². The summed E-state index contributed by atoms with van der Waals surface area (Å²) in [6, 6.07) is 19.2. The standard InChI is InChI=1S/C18H16/c1-2-18(16-11-4-3-5-12-16)14-8-10-15-9-6-7-13-17(15)18/h2-13H,1,14H2. The van der Waals surface area contributed by atoms with Crippen LogP contribution in [0.3, 0.4) is 0 Å². The molecule has 1 unspecified atom stereocenters. The van der Waals surface area contributed by atoms with Gasteiger partial charge >= 0.3 is 0 Å². The van der Waals surface area contributed by atoms with Crippen LogP contribution in [0.5, 0.6) is 0 Å². The summed E-state index contributed by atoms with van der Waals surface area (Å²) < 4.78 is 0. The van der Waals surface area contributed by atoms with E-state index in [0.717, 1.165) is 6.42 Å². The fraction of sp³-hybridized carbons (Fsp3) is 0.111. The molecule has 1 aliphatic carbocycles. The highest BCUT2D eigenvalue weighted by atomic mass is 14.3. The average molecular weight is 232 g/mol. The molecule has 0 amide bonds. The summed E-state index contributed by atoms with van der Waals surface area (Å²) in [7, 11) is 0. The zero-order valence-electron chi connectivity index (χ0n) is 10.3. The summed E-state index contributed by atoms with van der Waals surface area (Å²) in [4.78, 5) is 0. The molecule has 18 heavy (non-hydrogen) atoms. The third-order valence-electron chi connectivity index (χ3n) is 3.82. The molecule has 3 rings (SSSR count). The molecule has 0 nitrogen and oxygen atoms in total. The maximum atomic E-state index is 4.10. The van der Waals surface area contributed by atoms with E-state index >= 15 is 0 Å². The molecule has 0 saturated heterocycles. The molecule has 0 saturated carbocycles. The maximum absolute atomic E-state index is 4.10. The van der Waals surface area contributed by atoms with Crippen molar-refractivity contribution in [3.05, 3.63) is 90.0 Å². The number of allylic oxidation sites excluding steroid dienone is 2. The minimum atomic E-state index is -0.0768. The number of benzene rings is 2. The van der Waals surface area contributed by atoms with Gasteiger partial charge in [-0.3, -0.25) is 0 Å². The molecule has 1 aliphatic rings. The van der Waals surface area contributed by atoms with Crippen LogP contribution >= 0.6 is 0 Å². The fourth-order valence-electron chi connectivity index (χ4n) is 2.85. The van der Waals surface area contributed by atoms with E-state index in [9.17, 15) is 0 Å². The largest absolute Gasteiger partial charge is 0.102 e. The maximum Gasteiger partial charge on any atom is 0.0419 e. The molecule has 0 N–H and O–H groups in total. The van der Waals surface area contributed by atoms with Crippen molar-refractivity contribution in [1.29, 1.82) is 0 Å². The van der Waals surface area contributed by atoms with Gasteiger partial charge in [-0.1, -0.05) is 72.8 Å². The van der Waals surface area contributed by atoms with E-state index in [2.05, 4.69) is 79.4 Å². The van der Waals surface area contributed by atoms with E-state index in [1.165, 1.54) is 16.7 Å². The predicted molar refractivity (Wildman–Crippen MR) is 77.5 cm³/mol. The van der Waals surface area contributed by atoms with Crippen molar-refractivity contribution in [2.24, 2.45) is 0 Å². The monoisotopic (exact) mass is 232 g/mol. The van der Waals surface area contributed by atoms with Crippen LogP contribution in [0.25, 0.3) is 6.08 Å². The van der Waals surface area contributed by atoms with Crippen molar-refractivity contribution in [1.82, 2.24) is 0 Å². The van der Waals surface area contributed by atoms with E-state index in [-0.39, 0.29) is 5.41 Å². The summed E-state index contributed by atoms with van der Waals surface area (Å²) >= 11 is 0. The minimum absolute atomic E-state index is 0.0768. The second kappa shape index (κ2) is 4.30. The molecule has 2 aromatic rings.